The summed E-state index contributed by atoms with van der Waals surface area (Å²) in [5.74, 6) is -0.566. The van der Waals surface area contributed by atoms with Crippen LogP contribution in [0.1, 0.15) is 28.8 Å². The van der Waals surface area contributed by atoms with Crippen molar-refractivity contribution in [1.82, 2.24) is 9.78 Å². The molecule has 1 aliphatic heterocycles. The number of carbonyl (C=O) groups is 1. The molecule has 1 fully saturated rings. The third kappa shape index (κ3) is 2.47. The van der Waals surface area contributed by atoms with Crippen molar-refractivity contribution in [2.24, 2.45) is 5.92 Å². The fraction of sp³-hybridized carbons (Fsp3) is 0.375. The predicted octanol–water partition coefficient (Wildman–Crippen LogP) is 1.74. The van der Waals surface area contributed by atoms with Crippen molar-refractivity contribution in [2.75, 3.05) is 10.8 Å². The van der Waals surface area contributed by atoms with Crippen LogP contribution >= 0.6 is 0 Å². The fourth-order valence-corrected chi connectivity index (χ4v) is 4.67. The number of hydrogen-bond donors (Lipinski definition) is 1. The van der Waals surface area contributed by atoms with Gasteiger partial charge in [-0.1, -0.05) is 6.07 Å². The molecule has 2 aliphatic rings. The standard InChI is InChI=1S/C16H17N3O4S/c20-16(21)13-4-3-12-6-8-19(14(12)9-13)24(22,23)15-5-7-17-18(15)10-11-1-2-11/h3-5,7,9,11H,1-2,6,8,10H2,(H,20,21). The summed E-state index contributed by atoms with van der Waals surface area (Å²) >= 11 is 0. The highest BCUT2D eigenvalue weighted by molar-refractivity contribution is 7.92. The molecule has 0 bridgehead atoms. The van der Waals surface area contributed by atoms with Crippen molar-refractivity contribution in [1.29, 1.82) is 0 Å². The first-order valence-corrected chi connectivity index (χ1v) is 9.31. The number of anilines is 1. The molecule has 0 spiro atoms. The maximum Gasteiger partial charge on any atom is 0.335 e. The van der Waals surface area contributed by atoms with Crippen LogP contribution in [0.4, 0.5) is 5.69 Å². The summed E-state index contributed by atoms with van der Waals surface area (Å²) in [6, 6.07) is 6.14. The lowest BCUT2D eigenvalue weighted by atomic mass is 10.1. The highest BCUT2D eigenvalue weighted by Gasteiger charge is 2.34. The molecule has 1 aromatic carbocycles. The van der Waals surface area contributed by atoms with Gasteiger partial charge in [-0.25, -0.2) is 4.79 Å². The molecule has 7 nitrogen and oxygen atoms in total. The Morgan fingerprint density at radius 3 is 2.79 bits per heavy atom. The summed E-state index contributed by atoms with van der Waals surface area (Å²) in [6.45, 7) is 0.923. The summed E-state index contributed by atoms with van der Waals surface area (Å²) in [4.78, 5) is 11.2. The van der Waals surface area contributed by atoms with E-state index in [0.29, 0.717) is 31.1 Å². The molecule has 8 heteroatoms. The van der Waals surface area contributed by atoms with Crippen molar-refractivity contribution < 1.29 is 18.3 Å². The van der Waals surface area contributed by atoms with Crippen LogP contribution in [-0.4, -0.2) is 35.8 Å². The van der Waals surface area contributed by atoms with E-state index < -0.39 is 16.0 Å². The average Bonchev–Trinajstić information content (AvgIpc) is 3.07. The monoisotopic (exact) mass is 347 g/mol. The molecular formula is C16H17N3O4S. The fourth-order valence-electron chi connectivity index (χ4n) is 3.07. The second-order valence-electron chi connectivity index (χ2n) is 6.27. The van der Waals surface area contributed by atoms with Gasteiger partial charge < -0.3 is 5.11 Å². The van der Waals surface area contributed by atoms with Gasteiger partial charge in [-0.3, -0.25) is 8.99 Å². The lowest BCUT2D eigenvalue weighted by Crippen LogP contribution is -2.31. The second kappa shape index (κ2) is 5.34. The van der Waals surface area contributed by atoms with Gasteiger partial charge in [-0.2, -0.15) is 13.5 Å². The Morgan fingerprint density at radius 1 is 1.29 bits per heavy atom. The molecule has 2 aromatic rings. The van der Waals surface area contributed by atoms with Crippen LogP contribution in [0, 0.1) is 5.92 Å². The minimum Gasteiger partial charge on any atom is -0.478 e. The molecule has 1 N–H and O–H groups in total. The Hall–Kier alpha value is -2.35. The van der Waals surface area contributed by atoms with Crippen LogP contribution in [0.15, 0.2) is 35.5 Å². The van der Waals surface area contributed by atoms with Gasteiger partial charge >= 0.3 is 5.97 Å². The van der Waals surface area contributed by atoms with Crippen LogP contribution in [-0.2, 0) is 23.0 Å². The highest BCUT2D eigenvalue weighted by Crippen LogP contribution is 2.35. The van der Waals surface area contributed by atoms with E-state index in [0.717, 1.165) is 18.4 Å². The van der Waals surface area contributed by atoms with Crippen LogP contribution in [0.5, 0.6) is 0 Å². The van der Waals surface area contributed by atoms with E-state index >= 15 is 0 Å². The largest absolute Gasteiger partial charge is 0.478 e. The zero-order chi connectivity index (χ0) is 16.9. The molecule has 126 valence electrons. The van der Waals surface area contributed by atoms with E-state index in [2.05, 4.69) is 5.10 Å². The number of hydrogen-bond acceptors (Lipinski definition) is 4. The Kier molecular flexibility index (Phi) is 3.38. The number of aromatic nitrogens is 2. The molecule has 0 amide bonds. The number of nitrogens with zero attached hydrogens (tertiary/aromatic N) is 3. The number of sulfonamides is 1. The first kappa shape index (κ1) is 15.2. The van der Waals surface area contributed by atoms with Gasteiger partial charge in [-0.15, -0.1) is 0 Å². The second-order valence-corrected chi connectivity index (χ2v) is 8.08. The molecular weight excluding hydrogens is 330 g/mol. The molecule has 1 aromatic heterocycles. The molecule has 24 heavy (non-hydrogen) atoms. The minimum absolute atomic E-state index is 0.0855. The van der Waals surface area contributed by atoms with Gasteiger partial charge in [0.25, 0.3) is 10.0 Å². The highest BCUT2D eigenvalue weighted by atomic mass is 32.2. The van der Waals surface area contributed by atoms with Crippen LogP contribution in [0.3, 0.4) is 0 Å². The zero-order valence-electron chi connectivity index (χ0n) is 12.9. The number of fused-ring (bicyclic) bond motifs is 1. The lowest BCUT2D eigenvalue weighted by molar-refractivity contribution is 0.0697. The van der Waals surface area contributed by atoms with Crippen LogP contribution < -0.4 is 4.31 Å². The van der Waals surface area contributed by atoms with Crippen molar-refractivity contribution >= 4 is 21.7 Å². The predicted molar refractivity (Wildman–Crippen MR) is 86.6 cm³/mol. The summed E-state index contributed by atoms with van der Waals surface area (Å²) in [5.41, 5.74) is 1.38. The van der Waals surface area contributed by atoms with E-state index in [1.54, 1.807) is 10.7 Å². The van der Waals surface area contributed by atoms with E-state index in [4.69, 9.17) is 5.11 Å². The number of rotatable bonds is 5. The minimum atomic E-state index is -3.76. The van der Waals surface area contributed by atoms with E-state index in [1.165, 1.54) is 28.7 Å². The first-order valence-electron chi connectivity index (χ1n) is 7.87. The lowest BCUT2D eigenvalue weighted by Gasteiger charge is -2.20. The summed E-state index contributed by atoms with van der Waals surface area (Å²) < 4.78 is 29.0. The Labute approximate surface area is 139 Å². The molecule has 0 radical (unpaired) electrons. The van der Waals surface area contributed by atoms with E-state index in [9.17, 15) is 13.2 Å². The summed E-state index contributed by atoms with van der Waals surface area (Å²) in [7, 11) is -3.76. The van der Waals surface area contributed by atoms with Crippen LogP contribution in [0.25, 0.3) is 0 Å². The molecule has 0 saturated heterocycles. The molecule has 1 aliphatic carbocycles. The Balaban J connectivity index is 1.73. The quantitative estimate of drug-likeness (QED) is 0.889. The number of aromatic carboxylic acids is 1. The first-order chi connectivity index (χ1) is 11.5. The maximum atomic E-state index is 13.1. The maximum absolute atomic E-state index is 13.1. The van der Waals surface area contributed by atoms with E-state index in [-0.39, 0.29) is 10.6 Å². The van der Waals surface area contributed by atoms with Crippen molar-refractivity contribution in [2.45, 2.75) is 30.8 Å². The van der Waals surface area contributed by atoms with Crippen molar-refractivity contribution in [3.8, 4) is 0 Å². The van der Waals surface area contributed by atoms with Crippen molar-refractivity contribution in [3.05, 3.63) is 41.6 Å². The van der Waals surface area contributed by atoms with Gasteiger partial charge in [0.1, 0.15) is 0 Å². The third-order valence-corrected chi connectivity index (χ3v) is 6.38. The smallest absolute Gasteiger partial charge is 0.335 e. The van der Waals surface area contributed by atoms with Gasteiger partial charge in [0.05, 0.1) is 17.4 Å². The number of carboxylic acid groups (broad SMARTS) is 1. The third-order valence-electron chi connectivity index (χ3n) is 4.55. The normalized spacial score (nSPS) is 17.1. The summed E-state index contributed by atoms with van der Waals surface area (Å²) in [6.07, 6.45) is 4.28. The van der Waals surface area contributed by atoms with Gasteiger partial charge in [-0.05, 0) is 48.9 Å². The SMILES string of the molecule is O=C(O)c1ccc2c(c1)N(S(=O)(=O)c1ccnn1CC1CC1)CC2. The van der Waals surface area contributed by atoms with Crippen LogP contribution in [0.2, 0.25) is 0 Å². The van der Waals surface area contributed by atoms with Gasteiger partial charge in [0, 0.05) is 13.1 Å². The molecule has 4 rings (SSSR count). The Bertz CT molecular complexity index is 915. The van der Waals surface area contributed by atoms with E-state index in [1.807, 2.05) is 0 Å². The van der Waals surface area contributed by atoms with Gasteiger partial charge in [0.2, 0.25) is 0 Å². The molecule has 0 atom stereocenters. The molecule has 0 unspecified atom stereocenters. The number of benzene rings is 1. The Morgan fingerprint density at radius 2 is 2.08 bits per heavy atom. The number of carboxylic acids is 1. The molecule has 2 heterocycles. The van der Waals surface area contributed by atoms with Gasteiger partial charge in [0.15, 0.2) is 5.03 Å². The average molecular weight is 347 g/mol. The zero-order valence-corrected chi connectivity index (χ0v) is 13.7. The molecule has 1 saturated carbocycles. The topological polar surface area (TPSA) is 92.5 Å². The summed E-state index contributed by atoms with van der Waals surface area (Å²) in [5, 5.41) is 13.5. The van der Waals surface area contributed by atoms with Crippen molar-refractivity contribution in [3.63, 3.8) is 0 Å².